The second-order valence-corrected chi connectivity index (χ2v) is 3.59. The fraction of sp³-hybridized carbons (Fsp3) is 0.154. The molecule has 0 aromatic carbocycles. The molecule has 4 nitrogen and oxygen atoms in total. The fourth-order valence-electron chi connectivity index (χ4n) is 1.64. The smallest absolute Gasteiger partial charge is 0.159 e. The van der Waals surface area contributed by atoms with E-state index >= 15 is 0 Å². The van der Waals surface area contributed by atoms with Gasteiger partial charge in [-0.2, -0.15) is 0 Å². The average molecular weight is 227 g/mol. The molecule has 2 rings (SSSR count). The van der Waals surface area contributed by atoms with Crippen molar-refractivity contribution in [2.45, 2.75) is 12.5 Å². The lowest BCUT2D eigenvalue weighted by Gasteiger charge is -2.07. The van der Waals surface area contributed by atoms with Crippen LogP contribution in [0.1, 0.15) is 12.0 Å². The van der Waals surface area contributed by atoms with Crippen LogP contribution in [0, 0.1) is 0 Å². The third-order valence-electron chi connectivity index (χ3n) is 2.53. The van der Waals surface area contributed by atoms with E-state index in [0.29, 0.717) is 6.42 Å². The quantitative estimate of drug-likeness (QED) is 0.585. The first kappa shape index (κ1) is 11.3. The van der Waals surface area contributed by atoms with E-state index in [1.165, 1.54) is 0 Å². The standard InChI is InChI=1S/C13H13N3O/c1-3-10(9-14-2)13-8-12(16-17-13)11-4-6-15-7-5-11/h3-7,9,13H,1-2,8H2/b10-9+. The molecular formula is C13H13N3O. The molecule has 0 radical (unpaired) electrons. The second kappa shape index (κ2) is 5.21. The second-order valence-electron chi connectivity index (χ2n) is 3.59. The third-order valence-corrected chi connectivity index (χ3v) is 2.53. The summed E-state index contributed by atoms with van der Waals surface area (Å²) in [5.74, 6) is 0. The topological polar surface area (TPSA) is 46.8 Å². The van der Waals surface area contributed by atoms with E-state index in [9.17, 15) is 0 Å². The zero-order valence-electron chi connectivity index (χ0n) is 9.41. The molecule has 0 N–H and O–H groups in total. The van der Waals surface area contributed by atoms with Gasteiger partial charge in [-0.3, -0.25) is 9.98 Å². The Morgan fingerprint density at radius 3 is 2.88 bits per heavy atom. The maximum Gasteiger partial charge on any atom is 0.159 e. The van der Waals surface area contributed by atoms with Gasteiger partial charge in [0.1, 0.15) is 0 Å². The third kappa shape index (κ3) is 2.47. The summed E-state index contributed by atoms with van der Waals surface area (Å²) in [5.41, 5.74) is 2.82. The van der Waals surface area contributed by atoms with Gasteiger partial charge in [-0.1, -0.05) is 17.8 Å². The van der Waals surface area contributed by atoms with E-state index in [4.69, 9.17) is 4.84 Å². The normalized spacial score (nSPS) is 19.4. The van der Waals surface area contributed by atoms with Gasteiger partial charge in [0.15, 0.2) is 6.10 Å². The van der Waals surface area contributed by atoms with E-state index < -0.39 is 0 Å². The van der Waals surface area contributed by atoms with Crippen molar-refractivity contribution in [2.24, 2.45) is 10.1 Å². The fourth-order valence-corrected chi connectivity index (χ4v) is 1.64. The van der Waals surface area contributed by atoms with Crippen LogP contribution in [0.2, 0.25) is 0 Å². The lowest BCUT2D eigenvalue weighted by Crippen LogP contribution is -2.10. The van der Waals surface area contributed by atoms with Gasteiger partial charge >= 0.3 is 0 Å². The molecule has 0 bridgehead atoms. The molecule has 86 valence electrons. The Hall–Kier alpha value is -2.23. The van der Waals surface area contributed by atoms with E-state index in [2.05, 4.69) is 28.4 Å². The van der Waals surface area contributed by atoms with E-state index in [1.54, 1.807) is 24.7 Å². The van der Waals surface area contributed by atoms with Gasteiger partial charge in [0.05, 0.1) is 5.71 Å². The Bertz CT molecular complexity index is 477. The Balaban J connectivity index is 2.11. The summed E-state index contributed by atoms with van der Waals surface area (Å²) < 4.78 is 0. The van der Waals surface area contributed by atoms with Crippen LogP contribution in [0.15, 0.2) is 59.1 Å². The van der Waals surface area contributed by atoms with Crippen molar-refractivity contribution < 1.29 is 4.84 Å². The number of aliphatic imine (C=N–C) groups is 1. The summed E-state index contributed by atoms with van der Waals surface area (Å²) in [4.78, 5) is 13.1. The van der Waals surface area contributed by atoms with Crippen LogP contribution in [0.25, 0.3) is 0 Å². The molecule has 1 aliphatic heterocycles. The largest absolute Gasteiger partial charge is 0.387 e. The predicted molar refractivity (Wildman–Crippen MR) is 68.1 cm³/mol. The SMILES string of the molecule is C=C/C(=C\N=C)C1CC(c2ccncc2)=NO1. The first-order valence-electron chi connectivity index (χ1n) is 5.26. The van der Waals surface area contributed by atoms with Gasteiger partial charge in [-0.05, 0) is 18.9 Å². The van der Waals surface area contributed by atoms with Crippen LogP contribution in [-0.2, 0) is 4.84 Å². The molecule has 2 heterocycles. The Labute approximate surface area is 100 Å². The molecule has 1 aromatic heterocycles. The Morgan fingerprint density at radius 2 is 2.24 bits per heavy atom. The summed E-state index contributed by atoms with van der Waals surface area (Å²) in [5, 5.41) is 4.08. The van der Waals surface area contributed by atoms with Crippen LogP contribution in [0.4, 0.5) is 0 Å². The minimum absolute atomic E-state index is 0.124. The van der Waals surface area contributed by atoms with Gasteiger partial charge in [0.25, 0.3) is 0 Å². The summed E-state index contributed by atoms with van der Waals surface area (Å²) in [6, 6.07) is 3.82. The highest BCUT2D eigenvalue weighted by molar-refractivity contribution is 6.01. The molecule has 0 aliphatic carbocycles. The maximum atomic E-state index is 5.37. The van der Waals surface area contributed by atoms with Gasteiger partial charge < -0.3 is 4.84 Å². The summed E-state index contributed by atoms with van der Waals surface area (Å²) in [6.07, 6.45) is 7.41. The summed E-state index contributed by atoms with van der Waals surface area (Å²) >= 11 is 0. The van der Waals surface area contributed by atoms with E-state index in [1.807, 2.05) is 12.1 Å². The average Bonchev–Trinajstić information content (AvgIpc) is 2.86. The molecule has 0 saturated heterocycles. The molecule has 1 atom stereocenters. The van der Waals surface area contributed by atoms with Crippen LogP contribution >= 0.6 is 0 Å². The monoisotopic (exact) mass is 227 g/mol. The number of aromatic nitrogens is 1. The predicted octanol–water partition coefficient (Wildman–Crippen LogP) is 2.35. The zero-order valence-corrected chi connectivity index (χ0v) is 9.41. The van der Waals surface area contributed by atoms with Crippen molar-refractivity contribution >= 4 is 12.4 Å². The van der Waals surface area contributed by atoms with Crippen LogP contribution in [0.3, 0.4) is 0 Å². The molecule has 0 amide bonds. The van der Waals surface area contributed by atoms with Gasteiger partial charge in [0.2, 0.25) is 0 Å². The number of rotatable bonds is 4. The number of hydrogen-bond donors (Lipinski definition) is 0. The van der Waals surface area contributed by atoms with Crippen LogP contribution in [0.5, 0.6) is 0 Å². The lowest BCUT2D eigenvalue weighted by molar-refractivity contribution is 0.114. The highest BCUT2D eigenvalue weighted by atomic mass is 16.6. The minimum Gasteiger partial charge on any atom is -0.387 e. The van der Waals surface area contributed by atoms with Crippen molar-refractivity contribution in [3.63, 3.8) is 0 Å². The number of nitrogens with zero attached hydrogens (tertiary/aromatic N) is 3. The zero-order chi connectivity index (χ0) is 12.1. The molecular weight excluding hydrogens is 214 g/mol. The molecule has 4 heteroatoms. The number of hydrogen-bond acceptors (Lipinski definition) is 4. The van der Waals surface area contributed by atoms with E-state index in [-0.39, 0.29) is 6.10 Å². The molecule has 1 unspecified atom stereocenters. The molecule has 0 fully saturated rings. The highest BCUT2D eigenvalue weighted by Gasteiger charge is 2.24. The van der Waals surface area contributed by atoms with Crippen molar-refractivity contribution in [2.75, 3.05) is 0 Å². The maximum absolute atomic E-state index is 5.37. The van der Waals surface area contributed by atoms with Gasteiger partial charge in [-0.25, -0.2) is 0 Å². The highest BCUT2D eigenvalue weighted by Crippen LogP contribution is 2.22. The van der Waals surface area contributed by atoms with Crippen molar-refractivity contribution in [1.82, 2.24) is 4.98 Å². The van der Waals surface area contributed by atoms with Gasteiger partial charge in [0, 0.05) is 36.2 Å². The Kier molecular flexibility index (Phi) is 3.45. The van der Waals surface area contributed by atoms with Gasteiger partial charge in [-0.15, -0.1) is 0 Å². The van der Waals surface area contributed by atoms with E-state index in [0.717, 1.165) is 16.8 Å². The number of oxime groups is 1. The van der Waals surface area contributed by atoms with Crippen LogP contribution in [-0.4, -0.2) is 23.5 Å². The van der Waals surface area contributed by atoms with Crippen molar-refractivity contribution in [3.8, 4) is 0 Å². The molecule has 1 aromatic rings. The summed E-state index contributed by atoms with van der Waals surface area (Å²) in [6.45, 7) is 7.15. The first-order chi connectivity index (χ1) is 8.35. The van der Waals surface area contributed by atoms with Crippen molar-refractivity contribution in [3.05, 3.63) is 54.5 Å². The number of pyridine rings is 1. The molecule has 1 aliphatic rings. The first-order valence-corrected chi connectivity index (χ1v) is 5.26. The summed E-state index contributed by atoms with van der Waals surface area (Å²) in [7, 11) is 0. The molecule has 0 spiro atoms. The Morgan fingerprint density at radius 1 is 1.47 bits per heavy atom. The molecule has 17 heavy (non-hydrogen) atoms. The van der Waals surface area contributed by atoms with Crippen molar-refractivity contribution in [1.29, 1.82) is 0 Å². The lowest BCUT2D eigenvalue weighted by atomic mass is 10.0. The molecule has 0 saturated carbocycles. The minimum atomic E-state index is -0.124. The van der Waals surface area contributed by atoms with Crippen LogP contribution < -0.4 is 0 Å².